The Morgan fingerprint density at radius 1 is 0.912 bits per heavy atom. The van der Waals surface area contributed by atoms with Gasteiger partial charge in [0, 0.05) is 6.42 Å². The van der Waals surface area contributed by atoms with Crippen LogP contribution in [0, 0.1) is 0 Å². The van der Waals surface area contributed by atoms with Gasteiger partial charge in [-0.2, -0.15) is 0 Å². The van der Waals surface area contributed by atoms with Gasteiger partial charge < -0.3 is 21.1 Å². The van der Waals surface area contributed by atoms with Gasteiger partial charge in [-0.3, -0.25) is 14.4 Å². The third-order valence-corrected chi connectivity index (χ3v) is 7.11. The van der Waals surface area contributed by atoms with Gasteiger partial charge in [0.1, 0.15) is 18.1 Å². The van der Waals surface area contributed by atoms with Crippen molar-refractivity contribution in [3.8, 4) is 0 Å². The van der Waals surface area contributed by atoms with Crippen molar-refractivity contribution in [2.45, 2.75) is 42.3 Å². The summed E-state index contributed by atoms with van der Waals surface area (Å²) in [4.78, 5) is 48.8. The number of rotatable bonds is 10. The van der Waals surface area contributed by atoms with Crippen LogP contribution in [0.15, 0.2) is 65.6 Å². The van der Waals surface area contributed by atoms with Gasteiger partial charge in [0.15, 0.2) is 9.84 Å². The molecule has 1 saturated heterocycles. The SMILES string of the molecule is O=C(C[C@@H]1NC(=O)[C@H](Cc2ccccc2)NC1=O)N[C@H](CCS(=O)(=O)c1ccccc1)C(=O)O. The third-order valence-electron chi connectivity index (χ3n) is 5.35. The van der Waals surface area contributed by atoms with Crippen molar-refractivity contribution < 1.29 is 32.7 Å². The van der Waals surface area contributed by atoms with Crippen LogP contribution in [0.1, 0.15) is 18.4 Å². The first-order valence-electron chi connectivity index (χ1n) is 10.6. The number of carboxylic acid groups (broad SMARTS) is 1. The maximum absolute atomic E-state index is 12.4. The smallest absolute Gasteiger partial charge is 0.326 e. The lowest BCUT2D eigenvalue weighted by molar-refractivity contribution is -0.142. The van der Waals surface area contributed by atoms with Crippen LogP contribution in [-0.4, -0.2) is 61.1 Å². The van der Waals surface area contributed by atoms with E-state index in [9.17, 15) is 32.7 Å². The Balaban J connectivity index is 1.54. The van der Waals surface area contributed by atoms with Crippen LogP contribution in [0.4, 0.5) is 0 Å². The largest absolute Gasteiger partial charge is 0.480 e. The molecule has 180 valence electrons. The van der Waals surface area contributed by atoms with Crippen molar-refractivity contribution in [2.75, 3.05) is 5.75 Å². The van der Waals surface area contributed by atoms with E-state index in [0.717, 1.165) is 5.56 Å². The molecule has 2 aromatic carbocycles. The van der Waals surface area contributed by atoms with E-state index in [-0.39, 0.29) is 17.7 Å². The third kappa shape index (κ3) is 6.64. The Hall–Kier alpha value is -3.73. The number of benzene rings is 2. The molecule has 1 heterocycles. The number of carbonyl (C=O) groups is 4. The van der Waals surface area contributed by atoms with Crippen LogP contribution in [0.25, 0.3) is 0 Å². The predicted octanol–water partition coefficient (Wildman–Crippen LogP) is 0.0358. The first kappa shape index (κ1) is 24.9. The molecule has 34 heavy (non-hydrogen) atoms. The second kappa shape index (κ2) is 10.9. The van der Waals surface area contributed by atoms with Crippen LogP contribution in [0.2, 0.25) is 0 Å². The zero-order chi connectivity index (χ0) is 24.7. The fraction of sp³-hybridized carbons (Fsp3) is 0.304. The Kier molecular flexibility index (Phi) is 8.00. The predicted molar refractivity (Wildman–Crippen MR) is 121 cm³/mol. The van der Waals surface area contributed by atoms with E-state index in [2.05, 4.69) is 16.0 Å². The van der Waals surface area contributed by atoms with Crippen molar-refractivity contribution in [1.29, 1.82) is 0 Å². The molecule has 0 aliphatic carbocycles. The van der Waals surface area contributed by atoms with Gasteiger partial charge in [0.2, 0.25) is 17.7 Å². The van der Waals surface area contributed by atoms with Gasteiger partial charge in [0.05, 0.1) is 17.1 Å². The molecule has 0 radical (unpaired) electrons. The molecule has 3 atom stereocenters. The van der Waals surface area contributed by atoms with Crippen LogP contribution in [0.5, 0.6) is 0 Å². The molecule has 1 fully saturated rings. The summed E-state index contributed by atoms with van der Waals surface area (Å²) in [6.45, 7) is 0. The van der Waals surface area contributed by atoms with Gasteiger partial charge >= 0.3 is 5.97 Å². The zero-order valence-electron chi connectivity index (χ0n) is 18.1. The monoisotopic (exact) mass is 487 g/mol. The summed E-state index contributed by atoms with van der Waals surface area (Å²) in [5, 5.41) is 16.7. The van der Waals surface area contributed by atoms with Crippen molar-refractivity contribution >= 4 is 33.5 Å². The lowest BCUT2D eigenvalue weighted by Gasteiger charge is -2.29. The highest BCUT2D eigenvalue weighted by Crippen LogP contribution is 2.13. The molecule has 0 unspecified atom stereocenters. The number of nitrogens with one attached hydrogen (secondary N) is 3. The molecule has 0 saturated carbocycles. The number of hydrogen-bond donors (Lipinski definition) is 4. The van der Waals surface area contributed by atoms with Crippen LogP contribution < -0.4 is 16.0 Å². The molecule has 3 rings (SSSR count). The van der Waals surface area contributed by atoms with E-state index in [4.69, 9.17) is 0 Å². The summed E-state index contributed by atoms with van der Waals surface area (Å²) < 4.78 is 24.8. The van der Waals surface area contributed by atoms with Crippen LogP contribution >= 0.6 is 0 Å². The lowest BCUT2D eigenvalue weighted by atomic mass is 10.0. The molecular weight excluding hydrogens is 462 g/mol. The van der Waals surface area contributed by atoms with Gasteiger partial charge in [0.25, 0.3) is 0 Å². The number of hydrogen-bond acceptors (Lipinski definition) is 6. The Morgan fingerprint density at radius 2 is 1.47 bits per heavy atom. The molecule has 3 amide bonds. The van der Waals surface area contributed by atoms with E-state index in [1.807, 2.05) is 30.3 Å². The molecule has 4 N–H and O–H groups in total. The minimum atomic E-state index is -3.74. The molecular formula is C23H25N3O7S. The quantitative estimate of drug-likeness (QED) is 0.368. The summed E-state index contributed by atoms with van der Waals surface area (Å²) in [6.07, 6.45) is -0.556. The Morgan fingerprint density at radius 3 is 2.09 bits per heavy atom. The average molecular weight is 488 g/mol. The maximum Gasteiger partial charge on any atom is 0.326 e. The van der Waals surface area contributed by atoms with Crippen molar-refractivity contribution in [2.24, 2.45) is 0 Å². The highest BCUT2D eigenvalue weighted by atomic mass is 32.2. The number of aliphatic carboxylic acids is 1. The summed E-state index contributed by atoms with van der Waals surface area (Å²) in [5.41, 5.74) is 0.855. The molecule has 0 aromatic heterocycles. The van der Waals surface area contributed by atoms with E-state index in [0.29, 0.717) is 0 Å². The van der Waals surface area contributed by atoms with Crippen molar-refractivity contribution in [1.82, 2.24) is 16.0 Å². The molecule has 0 bridgehead atoms. The molecule has 2 aromatic rings. The van der Waals surface area contributed by atoms with E-state index < -0.39 is 63.8 Å². The molecule has 1 aliphatic rings. The zero-order valence-corrected chi connectivity index (χ0v) is 19.0. The molecule has 0 spiro atoms. The molecule has 10 nitrogen and oxygen atoms in total. The number of carboxylic acids is 1. The normalized spacial score (nSPS) is 18.9. The van der Waals surface area contributed by atoms with Gasteiger partial charge in [-0.15, -0.1) is 0 Å². The average Bonchev–Trinajstić information content (AvgIpc) is 2.81. The lowest BCUT2D eigenvalue weighted by Crippen LogP contribution is -2.63. The summed E-state index contributed by atoms with van der Waals surface area (Å²) in [5.74, 6) is -3.71. The first-order valence-corrected chi connectivity index (χ1v) is 12.3. The number of carbonyl (C=O) groups excluding carboxylic acids is 3. The van der Waals surface area contributed by atoms with Crippen LogP contribution in [-0.2, 0) is 35.4 Å². The number of piperazine rings is 1. The Labute approximate surface area is 196 Å². The van der Waals surface area contributed by atoms with Gasteiger partial charge in [-0.25, -0.2) is 13.2 Å². The fourth-order valence-electron chi connectivity index (χ4n) is 3.53. The van der Waals surface area contributed by atoms with E-state index in [1.54, 1.807) is 18.2 Å². The summed E-state index contributed by atoms with van der Waals surface area (Å²) in [6, 6.07) is 13.2. The number of sulfone groups is 1. The topological polar surface area (TPSA) is 159 Å². The second-order valence-corrected chi connectivity index (χ2v) is 10.0. The second-order valence-electron chi connectivity index (χ2n) is 7.90. The minimum absolute atomic E-state index is 0.0529. The number of amides is 3. The standard InChI is InChI=1S/C23H25N3O7S/c27-20(24-17(23(30)31)11-12-34(32,33)16-9-5-2-6-10-16)14-19-22(29)25-18(21(28)26-19)13-15-7-3-1-4-8-15/h1-10,17-19H,11-14H2,(H,24,27)(H,25,29)(H,26,28)(H,30,31)/t17-,18+,19+/m1/s1. The fourth-order valence-corrected chi connectivity index (χ4v) is 4.88. The Bertz CT molecular complexity index is 1150. The van der Waals surface area contributed by atoms with Gasteiger partial charge in [-0.1, -0.05) is 48.5 Å². The van der Waals surface area contributed by atoms with E-state index >= 15 is 0 Å². The van der Waals surface area contributed by atoms with Gasteiger partial charge in [-0.05, 0) is 24.1 Å². The van der Waals surface area contributed by atoms with Crippen LogP contribution in [0.3, 0.4) is 0 Å². The summed E-state index contributed by atoms with van der Waals surface area (Å²) in [7, 11) is -3.74. The highest BCUT2D eigenvalue weighted by Gasteiger charge is 2.35. The highest BCUT2D eigenvalue weighted by molar-refractivity contribution is 7.91. The maximum atomic E-state index is 12.4. The van der Waals surface area contributed by atoms with Crippen molar-refractivity contribution in [3.05, 3.63) is 66.2 Å². The molecule has 11 heteroatoms. The van der Waals surface area contributed by atoms with Crippen molar-refractivity contribution in [3.63, 3.8) is 0 Å². The molecule has 1 aliphatic heterocycles. The minimum Gasteiger partial charge on any atom is -0.480 e. The first-order chi connectivity index (χ1) is 16.2. The summed E-state index contributed by atoms with van der Waals surface area (Å²) >= 11 is 0. The van der Waals surface area contributed by atoms with E-state index in [1.165, 1.54) is 12.1 Å².